The van der Waals surface area contributed by atoms with Crippen molar-refractivity contribution in [3.05, 3.63) is 28.7 Å². The van der Waals surface area contributed by atoms with Crippen molar-refractivity contribution in [2.75, 3.05) is 0 Å². The second-order valence-corrected chi connectivity index (χ2v) is 6.87. The van der Waals surface area contributed by atoms with Gasteiger partial charge in [0, 0.05) is 9.37 Å². The lowest BCUT2D eigenvalue weighted by Crippen LogP contribution is -2.37. The van der Waals surface area contributed by atoms with E-state index in [1.54, 1.807) is 0 Å². The van der Waals surface area contributed by atoms with Gasteiger partial charge in [-0.25, -0.2) is 0 Å². The van der Waals surface area contributed by atoms with E-state index < -0.39 is 10.7 Å². The van der Waals surface area contributed by atoms with Crippen LogP contribution in [-0.2, 0) is 4.79 Å². The molecule has 1 aromatic rings. The first-order valence-corrected chi connectivity index (χ1v) is 7.33. The number of carboxylic acids is 1. The number of hydrogen-bond acceptors (Lipinski definition) is 2. The molecule has 1 aliphatic carbocycles. The van der Waals surface area contributed by atoms with Crippen molar-refractivity contribution in [3.63, 3.8) is 0 Å². The molecule has 17 heavy (non-hydrogen) atoms. The summed E-state index contributed by atoms with van der Waals surface area (Å²) in [6.45, 7) is 2.05. The number of thioether (sulfide) groups is 1. The number of aliphatic carboxylic acids is 1. The Morgan fingerprint density at radius 1 is 1.59 bits per heavy atom. The highest BCUT2D eigenvalue weighted by molar-refractivity contribution is 9.10. The Morgan fingerprint density at radius 3 is 2.88 bits per heavy atom. The molecule has 1 N–H and O–H groups in total. The Kier molecular flexibility index (Phi) is 3.83. The second-order valence-electron chi connectivity index (χ2n) is 4.55. The van der Waals surface area contributed by atoms with Gasteiger partial charge in [-0.05, 0) is 37.0 Å². The van der Waals surface area contributed by atoms with Gasteiger partial charge in [-0.1, -0.05) is 35.3 Å². The molecule has 1 fully saturated rings. The highest BCUT2D eigenvalue weighted by atomic mass is 79.9. The van der Waals surface area contributed by atoms with Crippen LogP contribution in [0.4, 0.5) is 0 Å². The van der Waals surface area contributed by atoms with Crippen LogP contribution in [0.25, 0.3) is 0 Å². The summed E-state index contributed by atoms with van der Waals surface area (Å²) in [5.41, 5.74) is 0. The van der Waals surface area contributed by atoms with Crippen molar-refractivity contribution in [1.29, 1.82) is 0 Å². The van der Waals surface area contributed by atoms with Gasteiger partial charge in [-0.3, -0.25) is 4.79 Å². The maximum absolute atomic E-state index is 11.6. The average Bonchev–Trinajstić information content (AvgIpc) is 2.61. The molecule has 4 heteroatoms. The second kappa shape index (κ2) is 5.02. The fourth-order valence-electron chi connectivity index (χ4n) is 2.40. The van der Waals surface area contributed by atoms with E-state index in [4.69, 9.17) is 0 Å². The van der Waals surface area contributed by atoms with Gasteiger partial charge in [0.2, 0.25) is 0 Å². The van der Waals surface area contributed by atoms with Gasteiger partial charge in [0.05, 0.1) is 0 Å². The number of carbonyl (C=O) groups is 1. The van der Waals surface area contributed by atoms with E-state index in [2.05, 4.69) is 15.9 Å². The summed E-state index contributed by atoms with van der Waals surface area (Å²) < 4.78 is 0.356. The maximum atomic E-state index is 11.6. The topological polar surface area (TPSA) is 37.3 Å². The molecular weight excluding hydrogens is 300 g/mol. The lowest BCUT2D eigenvalue weighted by Gasteiger charge is -2.28. The zero-order valence-corrected chi connectivity index (χ0v) is 12.1. The van der Waals surface area contributed by atoms with Crippen LogP contribution in [0.1, 0.15) is 26.2 Å². The quantitative estimate of drug-likeness (QED) is 0.909. The number of hydrogen-bond donors (Lipinski definition) is 1. The van der Waals surface area contributed by atoms with Crippen LogP contribution in [0, 0.1) is 5.92 Å². The summed E-state index contributed by atoms with van der Waals surface area (Å²) >= 11 is 4.92. The molecule has 2 atom stereocenters. The van der Waals surface area contributed by atoms with Crippen LogP contribution in [0.5, 0.6) is 0 Å². The highest BCUT2D eigenvalue weighted by Gasteiger charge is 2.47. The number of rotatable bonds is 3. The molecule has 2 rings (SSSR count). The Balaban J connectivity index is 2.28. The Morgan fingerprint density at radius 2 is 2.35 bits per heavy atom. The van der Waals surface area contributed by atoms with Crippen molar-refractivity contribution < 1.29 is 9.90 Å². The van der Waals surface area contributed by atoms with Gasteiger partial charge >= 0.3 is 5.97 Å². The summed E-state index contributed by atoms with van der Waals surface area (Å²) in [6, 6.07) is 7.86. The first-order chi connectivity index (χ1) is 8.04. The molecule has 0 bridgehead atoms. The van der Waals surface area contributed by atoms with E-state index in [1.165, 1.54) is 11.8 Å². The third-order valence-corrected chi connectivity index (χ3v) is 5.57. The van der Waals surface area contributed by atoms with Crippen molar-refractivity contribution in [2.24, 2.45) is 5.92 Å². The summed E-state index contributed by atoms with van der Waals surface area (Å²) in [5.74, 6) is -0.448. The minimum atomic E-state index is -0.674. The van der Waals surface area contributed by atoms with Gasteiger partial charge in [-0.2, -0.15) is 0 Å². The molecule has 1 saturated carbocycles. The molecule has 0 aromatic heterocycles. The molecule has 92 valence electrons. The van der Waals surface area contributed by atoms with Gasteiger partial charge in [-0.15, -0.1) is 11.8 Å². The minimum Gasteiger partial charge on any atom is -0.480 e. The minimum absolute atomic E-state index is 0.226. The lowest BCUT2D eigenvalue weighted by molar-refractivity contribution is -0.140. The van der Waals surface area contributed by atoms with Gasteiger partial charge in [0.15, 0.2) is 0 Å². The fraction of sp³-hybridized carbons (Fsp3) is 0.462. The standard InChI is InChI=1S/C13H15BrO2S/c1-9-4-3-7-13(9,12(15)16)17-11-6-2-5-10(14)8-11/h2,5-6,8-9H,3-4,7H2,1H3,(H,15,16). The fourth-order valence-corrected chi connectivity index (χ4v) is 4.36. The summed E-state index contributed by atoms with van der Waals surface area (Å²) in [5, 5.41) is 9.53. The number of benzene rings is 1. The smallest absolute Gasteiger partial charge is 0.320 e. The van der Waals surface area contributed by atoms with Crippen LogP contribution in [0.3, 0.4) is 0 Å². The van der Waals surface area contributed by atoms with Gasteiger partial charge in [0.25, 0.3) is 0 Å². The van der Waals surface area contributed by atoms with Gasteiger partial charge < -0.3 is 5.11 Å². The molecule has 0 aliphatic heterocycles. The normalized spacial score (nSPS) is 28.2. The average molecular weight is 315 g/mol. The molecule has 2 nitrogen and oxygen atoms in total. The van der Waals surface area contributed by atoms with Crippen molar-refractivity contribution in [2.45, 2.75) is 35.8 Å². The Bertz CT molecular complexity index is 435. The molecule has 1 aliphatic rings. The van der Waals surface area contributed by atoms with Crippen LogP contribution >= 0.6 is 27.7 Å². The highest BCUT2D eigenvalue weighted by Crippen LogP contribution is 2.49. The first kappa shape index (κ1) is 13.0. The van der Waals surface area contributed by atoms with Crippen molar-refractivity contribution in [1.82, 2.24) is 0 Å². The largest absolute Gasteiger partial charge is 0.480 e. The maximum Gasteiger partial charge on any atom is 0.320 e. The third kappa shape index (κ3) is 2.52. The molecule has 0 amide bonds. The van der Waals surface area contributed by atoms with Crippen molar-refractivity contribution in [3.8, 4) is 0 Å². The first-order valence-electron chi connectivity index (χ1n) is 5.72. The molecule has 0 heterocycles. The molecule has 1 aromatic carbocycles. The number of carboxylic acid groups (broad SMARTS) is 1. The zero-order chi connectivity index (χ0) is 12.5. The van der Waals surface area contributed by atoms with Crippen LogP contribution in [0.2, 0.25) is 0 Å². The van der Waals surface area contributed by atoms with Crippen LogP contribution < -0.4 is 0 Å². The van der Waals surface area contributed by atoms with Crippen LogP contribution in [-0.4, -0.2) is 15.8 Å². The molecular formula is C13H15BrO2S. The predicted molar refractivity (Wildman–Crippen MR) is 73.4 cm³/mol. The Hall–Kier alpha value is -0.480. The summed E-state index contributed by atoms with van der Waals surface area (Å²) in [4.78, 5) is 12.6. The monoisotopic (exact) mass is 314 g/mol. The summed E-state index contributed by atoms with van der Waals surface area (Å²) in [6.07, 6.45) is 2.78. The van der Waals surface area contributed by atoms with E-state index >= 15 is 0 Å². The molecule has 2 unspecified atom stereocenters. The Labute approximate surface area is 114 Å². The molecule has 0 spiro atoms. The summed E-state index contributed by atoms with van der Waals surface area (Å²) in [7, 11) is 0. The lowest BCUT2D eigenvalue weighted by atomic mass is 9.97. The number of halogens is 1. The van der Waals surface area contributed by atoms with E-state index in [1.807, 2.05) is 31.2 Å². The molecule has 0 saturated heterocycles. The van der Waals surface area contributed by atoms with E-state index in [-0.39, 0.29) is 5.92 Å². The predicted octanol–water partition coefficient (Wildman–Crippen LogP) is 4.18. The van der Waals surface area contributed by atoms with Crippen LogP contribution in [0.15, 0.2) is 33.6 Å². The third-order valence-electron chi connectivity index (χ3n) is 3.44. The van der Waals surface area contributed by atoms with E-state index in [0.717, 1.165) is 28.6 Å². The van der Waals surface area contributed by atoms with Crippen molar-refractivity contribution >= 4 is 33.7 Å². The molecule has 0 radical (unpaired) electrons. The zero-order valence-electron chi connectivity index (χ0n) is 9.65. The van der Waals surface area contributed by atoms with E-state index in [0.29, 0.717) is 0 Å². The SMILES string of the molecule is CC1CCCC1(Sc1cccc(Br)c1)C(=O)O. The van der Waals surface area contributed by atoms with E-state index in [9.17, 15) is 9.90 Å². The van der Waals surface area contributed by atoms with Gasteiger partial charge in [0.1, 0.15) is 4.75 Å².